The summed E-state index contributed by atoms with van der Waals surface area (Å²) in [4.78, 5) is 18.0. The Morgan fingerprint density at radius 3 is 2.06 bits per heavy atom. The van der Waals surface area contributed by atoms with E-state index in [1.807, 2.05) is 51.7 Å². The average molecular weight is 785 g/mol. The van der Waals surface area contributed by atoms with Gasteiger partial charge in [-0.2, -0.15) is 0 Å². The number of rotatable bonds is 7. The second-order valence-corrected chi connectivity index (χ2v) is 17.2. The van der Waals surface area contributed by atoms with E-state index in [2.05, 4.69) is 0 Å². The lowest BCUT2D eigenvalue weighted by Crippen LogP contribution is -2.60. The number of nitrogens with zero attached hydrogens (tertiary/aromatic N) is 2. The highest BCUT2D eigenvalue weighted by Gasteiger charge is 2.52. The molecular weight excluding hydrogens is 708 g/mol. The molecule has 0 bridgehead atoms. The normalized spacial score (nSPS) is 47.8. The van der Waals surface area contributed by atoms with Crippen molar-refractivity contribution in [3.05, 3.63) is 0 Å². The van der Waals surface area contributed by atoms with Crippen molar-refractivity contribution >= 4 is 5.97 Å². The highest BCUT2D eigenvalue weighted by Crippen LogP contribution is 2.40. The van der Waals surface area contributed by atoms with Crippen molar-refractivity contribution in [2.45, 2.75) is 185 Å². The maximum absolute atomic E-state index is 14.2. The van der Waals surface area contributed by atoms with Crippen LogP contribution in [0.3, 0.4) is 0 Å². The van der Waals surface area contributed by atoms with E-state index in [0.717, 1.165) is 0 Å². The molecule has 0 radical (unpaired) electrons. The van der Waals surface area contributed by atoms with Crippen LogP contribution in [-0.2, 0) is 33.2 Å². The van der Waals surface area contributed by atoms with Gasteiger partial charge in [-0.3, -0.25) is 4.79 Å². The van der Waals surface area contributed by atoms with Gasteiger partial charge in [-0.1, -0.05) is 20.8 Å². The van der Waals surface area contributed by atoms with Crippen molar-refractivity contribution in [2.75, 3.05) is 34.8 Å². The van der Waals surface area contributed by atoms with E-state index >= 15 is 0 Å². The fraction of sp³-hybridized carbons (Fsp3) is 0.974. The van der Waals surface area contributed by atoms with E-state index in [4.69, 9.17) is 28.4 Å². The molecule has 16 heteroatoms. The van der Waals surface area contributed by atoms with Crippen LogP contribution in [0.25, 0.3) is 0 Å². The van der Waals surface area contributed by atoms with Gasteiger partial charge in [-0.15, -0.1) is 0 Å². The molecule has 3 saturated heterocycles. The third-order valence-electron chi connectivity index (χ3n) is 12.2. The van der Waals surface area contributed by atoms with Crippen LogP contribution >= 0.6 is 0 Å². The molecule has 0 aromatic carbocycles. The highest BCUT2D eigenvalue weighted by molar-refractivity contribution is 5.73. The molecule has 3 unspecified atom stereocenters. The van der Waals surface area contributed by atoms with Crippen molar-refractivity contribution in [1.82, 2.24) is 9.80 Å². The maximum atomic E-state index is 14.2. The molecule has 0 spiro atoms. The Bertz CT molecular complexity index is 1150. The Morgan fingerprint density at radius 1 is 0.926 bits per heavy atom. The van der Waals surface area contributed by atoms with Gasteiger partial charge in [0.15, 0.2) is 12.6 Å². The molecule has 3 aliphatic rings. The molecule has 0 amide bonds. The minimum absolute atomic E-state index is 0. The summed E-state index contributed by atoms with van der Waals surface area (Å²) in [5, 5.41) is 58.1. The first kappa shape index (κ1) is 50.9. The number of ether oxygens (including phenoxy) is 6. The molecule has 0 saturated carbocycles. The van der Waals surface area contributed by atoms with Gasteiger partial charge in [0, 0.05) is 38.1 Å². The molecule has 0 aromatic heterocycles. The SMILES string of the molecule is CC[C@H]1OC(=O)[C@H](C)[C@@H](O[C@H]2CC(C)(OC)[C@@H](O)[C@H](C)O2)[C@H](C)[C@@H](OC2O[C@H](C)C[C@H](N(C)C)[C@H]2O)C(C)(O)C[C@@H](C)CN(C)[C@H](C)[C@@H](O)[C@]1(C)O.O.O. The van der Waals surface area contributed by atoms with Crippen LogP contribution in [0.4, 0.5) is 0 Å². The first-order valence-electron chi connectivity index (χ1n) is 19.1. The summed E-state index contributed by atoms with van der Waals surface area (Å²) >= 11 is 0. The number of esters is 1. The minimum Gasteiger partial charge on any atom is -0.459 e. The predicted octanol–water partition coefficient (Wildman–Crippen LogP) is 0.251. The standard InChI is InChI=1S/C38H72N2O12.2H2O/c1-15-27-38(10,46)31(42)24(6)40(13)19-20(2)17-36(8,45)33(52-35-29(41)26(39(11)12)16-21(3)48-35)22(4)30(23(5)34(44)50-27)51-28-18-37(9,47-14)32(43)25(7)49-28;;/h20-33,35,41-43,45-46H,15-19H2,1-14H3;2*1H2/t20-,21-,22+,23-,24-,25+,26+,27-,28+,29-,30+,31-,32+,33-,35?,36?,37?,38-;;/m1../s1. The summed E-state index contributed by atoms with van der Waals surface area (Å²) in [7, 11) is 7.12. The maximum Gasteiger partial charge on any atom is 0.311 e. The minimum atomic E-state index is -1.80. The van der Waals surface area contributed by atoms with E-state index in [9.17, 15) is 30.3 Å². The number of aliphatic hydroxyl groups excluding tert-OH is 3. The summed E-state index contributed by atoms with van der Waals surface area (Å²) in [5.41, 5.74) is -4.37. The van der Waals surface area contributed by atoms with Crippen LogP contribution < -0.4 is 0 Å². The smallest absolute Gasteiger partial charge is 0.311 e. The number of likely N-dealkylation sites (N-methyl/N-ethyl adjacent to an activating group) is 2. The third-order valence-corrected chi connectivity index (χ3v) is 12.2. The number of carbonyl (C=O) groups is 1. The van der Waals surface area contributed by atoms with Gasteiger partial charge in [0.25, 0.3) is 0 Å². The molecule has 3 rings (SSSR count). The van der Waals surface area contributed by atoms with Crippen LogP contribution in [0.5, 0.6) is 0 Å². The monoisotopic (exact) mass is 785 g/mol. The number of methoxy groups -OCH3 is 1. The van der Waals surface area contributed by atoms with Crippen LogP contribution in [0.2, 0.25) is 0 Å². The summed E-state index contributed by atoms with van der Waals surface area (Å²) in [6, 6.07) is -0.808. The average Bonchev–Trinajstić information content (AvgIpc) is 3.05. The van der Waals surface area contributed by atoms with Crippen molar-refractivity contribution in [3.63, 3.8) is 0 Å². The van der Waals surface area contributed by atoms with E-state index < -0.39 is 96.0 Å². The molecule has 3 aliphatic heterocycles. The van der Waals surface area contributed by atoms with Gasteiger partial charge >= 0.3 is 5.97 Å². The molecule has 322 valence electrons. The lowest BCUT2D eigenvalue weighted by Gasteiger charge is -2.48. The molecule has 0 aromatic rings. The third kappa shape index (κ3) is 11.3. The fourth-order valence-corrected chi connectivity index (χ4v) is 8.74. The van der Waals surface area contributed by atoms with Crippen LogP contribution in [0.15, 0.2) is 0 Å². The first-order chi connectivity index (χ1) is 23.9. The molecule has 9 N–H and O–H groups in total. The Morgan fingerprint density at radius 2 is 1.52 bits per heavy atom. The lowest BCUT2D eigenvalue weighted by molar-refractivity contribution is -0.318. The lowest BCUT2D eigenvalue weighted by atomic mass is 9.77. The summed E-state index contributed by atoms with van der Waals surface area (Å²) in [6.45, 7) is 18.0. The Balaban J connectivity index is 0.00000729. The zero-order valence-corrected chi connectivity index (χ0v) is 35.2. The Kier molecular flexibility index (Phi) is 18.9. The molecule has 54 heavy (non-hydrogen) atoms. The van der Waals surface area contributed by atoms with E-state index in [1.54, 1.807) is 41.5 Å². The Labute approximate surface area is 323 Å². The number of aliphatic hydroxyl groups is 5. The molecule has 16 nitrogen and oxygen atoms in total. The number of carbonyl (C=O) groups excluding carboxylic acids is 1. The topological polar surface area (TPSA) is 243 Å². The zero-order chi connectivity index (χ0) is 39.7. The summed E-state index contributed by atoms with van der Waals surface area (Å²) in [5.74, 6) is -2.58. The van der Waals surface area contributed by atoms with E-state index in [0.29, 0.717) is 13.0 Å². The molecule has 18 atom stereocenters. The van der Waals surface area contributed by atoms with Gasteiger partial charge in [0.2, 0.25) is 0 Å². The van der Waals surface area contributed by atoms with Gasteiger partial charge < -0.3 is 74.7 Å². The van der Waals surface area contributed by atoms with Gasteiger partial charge in [-0.05, 0) is 94.8 Å². The van der Waals surface area contributed by atoms with E-state index in [1.165, 1.54) is 14.0 Å². The summed E-state index contributed by atoms with van der Waals surface area (Å²) < 4.78 is 37.5. The quantitative estimate of drug-likeness (QED) is 0.218. The second kappa shape index (κ2) is 20.1. The molecular formula is C38H76N2O14. The number of hydrogen-bond acceptors (Lipinski definition) is 14. The fourth-order valence-electron chi connectivity index (χ4n) is 8.74. The van der Waals surface area contributed by atoms with Gasteiger partial charge in [0.1, 0.15) is 30.0 Å². The second-order valence-electron chi connectivity index (χ2n) is 17.2. The number of hydrogen-bond donors (Lipinski definition) is 5. The van der Waals surface area contributed by atoms with Crippen molar-refractivity contribution in [2.24, 2.45) is 17.8 Å². The van der Waals surface area contributed by atoms with Crippen LogP contribution in [0.1, 0.15) is 94.9 Å². The van der Waals surface area contributed by atoms with Gasteiger partial charge in [-0.25, -0.2) is 0 Å². The van der Waals surface area contributed by atoms with E-state index in [-0.39, 0.29) is 48.3 Å². The van der Waals surface area contributed by atoms with Crippen LogP contribution in [-0.4, -0.2) is 177 Å². The van der Waals surface area contributed by atoms with Crippen molar-refractivity contribution in [3.8, 4) is 0 Å². The molecule has 0 aliphatic carbocycles. The van der Waals surface area contributed by atoms with Crippen LogP contribution in [0, 0.1) is 17.8 Å². The van der Waals surface area contributed by atoms with Crippen molar-refractivity contribution < 1.29 is 69.7 Å². The number of cyclic esters (lactones) is 1. The first-order valence-corrected chi connectivity index (χ1v) is 19.1. The predicted molar refractivity (Wildman–Crippen MR) is 201 cm³/mol. The van der Waals surface area contributed by atoms with Gasteiger partial charge in [0.05, 0.1) is 41.5 Å². The van der Waals surface area contributed by atoms with Crippen molar-refractivity contribution in [1.29, 1.82) is 0 Å². The molecule has 3 fully saturated rings. The highest BCUT2D eigenvalue weighted by atomic mass is 16.7. The Hall–Kier alpha value is -1.09. The molecule has 3 heterocycles. The largest absolute Gasteiger partial charge is 0.459 e. The summed E-state index contributed by atoms with van der Waals surface area (Å²) in [6.07, 6.45) is -8.19. The zero-order valence-electron chi connectivity index (χ0n) is 35.2.